The summed E-state index contributed by atoms with van der Waals surface area (Å²) in [5.74, 6) is -1.19. The summed E-state index contributed by atoms with van der Waals surface area (Å²) in [7, 11) is 2.85. The van der Waals surface area contributed by atoms with Crippen LogP contribution in [-0.2, 0) is 4.74 Å². The molecule has 1 atom stereocenters. The predicted molar refractivity (Wildman–Crippen MR) is 85.2 cm³/mol. The maximum absolute atomic E-state index is 13.6. The smallest absolute Gasteiger partial charge is 0.338 e. The second-order valence-electron chi connectivity index (χ2n) is 4.99. The molecular formula is C18H17FO5. The fourth-order valence-electron chi connectivity index (χ4n) is 2.07. The lowest BCUT2D eigenvalue weighted by Crippen LogP contribution is -2.24. The Bertz CT molecular complexity index is 740. The first kappa shape index (κ1) is 17.5. The summed E-state index contributed by atoms with van der Waals surface area (Å²) in [4.78, 5) is 24.3. The lowest BCUT2D eigenvalue weighted by Gasteiger charge is -2.13. The van der Waals surface area contributed by atoms with Crippen LogP contribution in [-0.4, -0.2) is 32.1 Å². The van der Waals surface area contributed by atoms with Gasteiger partial charge in [0.15, 0.2) is 17.7 Å². The Morgan fingerprint density at radius 3 is 2.12 bits per heavy atom. The Labute approximate surface area is 139 Å². The van der Waals surface area contributed by atoms with Crippen molar-refractivity contribution in [1.29, 1.82) is 0 Å². The molecule has 0 radical (unpaired) electrons. The largest absolute Gasteiger partial charge is 0.497 e. The fraction of sp³-hybridized carbons (Fsp3) is 0.222. The van der Waals surface area contributed by atoms with Crippen molar-refractivity contribution in [3.63, 3.8) is 0 Å². The maximum atomic E-state index is 13.6. The number of carbonyl (C=O) groups is 2. The van der Waals surface area contributed by atoms with Gasteiger partial charge in [-0.2, -0.15) is 0 Å². The van der Waals surface area contributed by atoms with E-state index in [-0.39, 0.29) is 17.1 Å². The first-order valence-electron chi connectivity index (χ1n) is 7.19. The third kappa shape index (κ3) is 3.90. The van der Waals surface area contributed by atoms with E-state index >= 15 is 0 Å². The third-order valence-electron chi connectivity index (χ3n) is 3.42. The van der Waals surface area contributed by atoms with E-state index in [0.717, 1.165) is 6.07 Å². The highest BCUT2D eigenvalue weighted by Gasteiger charge is 2.21. The minimum Gasteiger partial charge on any atom is -0.497 e. The lowest BCUT2D eigenvalue weighted by atomic mass is 10.1. The van der Waals surface area contributed by atoms with Crippen LogP contribution in [0.25, 0.3) is 0 Å². The second-order valence-corrected chi connectivity index (χ2v) is 4.99. The van der Waals surface area contributed by atoms with Gasteiger partial charge < -0.3 is 14.2 Å². The van der Waals surface area contributed by atoms with Crippen molar-refractivity contribution < 1.29 is 28.2 Å². The third-order valence-corrected chi connectivity index (χ3v) is 3.42. The monoisotopic (exact) mass is 332 g/mol. The Balaban J connectivity index is 2.07. The van der Waals surface area contributed by atoms with Crippen molar-refractivity contribution in [3.05, 3.63) is 59.4 Å². The minimum absolute atomic E-state index is 0.00248. The topological polar surface area (TPSA) is 61.8 Å². The fourth-order valence-corrected chi connectivity index (χ4v) is 2.07. The lowest BCUT2D eigenvalue weighted by molar-refractivity contribution is 0.0318. The van der Waals surface area contributed by atoms with Crippen LogP contribution in [0.15, 0.2) is 42.5 Å². The van der Waals surface area contributed by atoms with Gasteiger partial charge in [0, 0.05) is 5.56 Å². The molecule has 0 unspecified atom stereocenters. The number of esters is 1. The Kier molecular flexibility index (Phi) is 5.52. The van der Waals surface area contributed by atoms with E-state index in [1.54, 1.807) is 24.3 Å². The highest BCUT2D eigenvalue weighted by molar-refractivity contribution is 6.01. The summed E-state index contributed by atoms with van der Waals surface area (Å²) in [5.41, 5.74) is 0.389. The number of benzene rings is 2. The minimum atomic E-state index is -1.00. The summed E-state index contributed by atoms with van der Waals surface area (Å²) < 4.78 is 28.5. The molecule has 0 spiro atoms. The first-order valence-corrected chi connectivity index (χ1v) is 7.19. The van der Waals surface area contributed by atoms with Crippen LogP contribution in [0.2, 0.25) is 0 Å². The van der Waals surface area contributed by atoms with E-state index in [0.29, 0.717) is 11.3 Å². The number of rotatable bonds is 6. The number of methoxy groups -OCH3 is 2. The van der Waals surface area contributed by atoms with Crippen molar-refractivity contribution in [2.45, 2.75) is 13.0 Å². The molecule has 0 saturated carbocycles. The van der Waals surface area contributed by atoms with Crippen molar-refractivity contribution in [2.24, 2.45) is 0 Å². The van der Waals surface area contributed by atoms with Gasteiger partial charge in [0.25, 0.3) is 0 Å². The van der Waals surface area contributed by atoms with Crippen LogP contribution in [0.5, 0.6) is 11.5 Å². The quantitative estimate of drug-likeness (QED) is 0.600. The molecule has 24 heavy (non-hydrogen) atoms. The van der Waals surface area contributed by atoms with Crippen molar-refractivity contribution in [3.8, 4) is 11.5 Å². The van der Waals surface area contributed by atoms with Gasteiger partial charge in [0.1, 0.15) is 5.75 Å². The van der Waals surface area contributed by atoms with Gasteiger partial charge in [0.05, 0.1) is 19.8 Å². The van der Waals surface area contributed by atoms with Crippen LogP contribution >= 0.6 is 0 Å². The van der Waals surface area contributed by atoms with Gasteiger partial charge in [-0.3, -0.25) is 4.79 Å². The average molecular weight is 332 g/mol. The van der Waals surface area contributed by atoms with E-state index in [1.807, 2.05) is 0 Å². The van der Waals surface area contributed by atoms with E-state index in [9.17, 15) is 14.0 Å². The second kappa shape index (κ2) is 7.59. The summed E-state index contributed by atoms with van der Waals surface area (Å²) >= 11 is 0. The number of carbonyl (C=O) groups excluding carboxylic acids is 2. The summed E-state index contributed by atoms with van der Waals surface area (Å²) in [6.45, 7) is 1.46. The first-order chi connectivity index (χ1) is 11.5. The molecule has 6 heteroatoms. The number of hydrogen-bond acceptors (Lipinski definition) is 5. The molecular weight excluding hydrogens is 315 g/mol. The summed E-state index contributed by atoms with van der Waals surface area (Å²) in [5, 5.41) is 0. The van der Waals surface area contributed by atoms with E-state index in [4.69, 9.17) is 14.2 Å². The molecule has 0 aliphatic rings. The molecule has 0 saturated heterocycles. The van der Waals surface area contributed by atoms with Crippen LogP contribution in [0.1, 0.15) is 27.6 Å². The molecule has 2 aromatic carbocycles. The SMILES string of the molecule is COc1ccc(C(=O)[C@@H](C)OC(=O)c2ccc(OC)c(F)c2)cc1. The molecule has 0 amide bonds. The Morgan fingerprint density at radius 2 is 1.58 bits per heavy atom. The van der Waals surface area contributed by atoms with Gasteiger partial charge in [-0.05, 0) is 49.4 Å². The molecule has 0 aliphatic heterocycles. The normalized spacial score (nSPS) is 11.5. The van der Waals surface area contributed by atoms with Crippen LogP contribution in [0, 0.1) is 5.82 Å². The van der Waals surface area contributed by atoms with Gasteiger partial charge >= 0.3 is 5.97 Å². The number of Topliss-reactive ketones (excluding diaryl/α,β-unsaturated/α-hetero) is 1. The van der Waals surface area contributed by atoms with Crippen LogP contribution < -0.4 is 9.47 Å². The molecule has 0 heterocycles. The molecule has 0 aromatic heterocycles. The zero-order valence-electron chi connectivity index (χ0n) is 13.5. The van der Waals surface area contributed by atoms with Gasteiger partial charge in [0.2, 0.25) is 5.78 Å². The Hall–Kier alpha value is -2.89. The van der Waals surface area contributed by atoms with Gasteiger partial charge in [-0.15, -0.1) is 0 Å². The van der Waals surface area contributed by atoms with E-state index in [1.165, 1.54) is 33.3 Å². The zero-order valence-corrected chi connectivity index (χ0v) is 13.5. The molecule has 0 aliphatic carbocycles. The zero-order chi connectivity index (χ0) is 17.7. The van der Waals surface area contributed by atoms with E-state index in [2.05, 4.69) is 0 Å². The Morgan fingerprint density at radius 1 is 0.958 bits per heavy atom. The van der Waals surface area contributed by atoms with Gasteiger partial charge in [-0.25, -0.2) is 9.18 Å². The predicted octanol–water partition coefficient (Wildman–Crippen LogP) is 3.27. The number of halogens is 1. The van der Waals surface area contributed by atoms with Gasteiger partial charge in [-0.1, -0.05) is 0 Å². The molecule has 0 bridgehead atoms. The molecule has 0 N–H and O–H groups in total. The van der Waals surface area contributed by atoms with Crippen molar-refractivity contribution >= 4 is 11.8 Å². The average Bonchev–Trinajstić information content (AvgIpc) is 2.60. The number of hydrogen-bond donors (Lipinski definition) is 0. The van der Waals surface area contributed by atoms with Crippen LogP contribution in [0.4, 0.5) is 4.39 Å². The molecule has 2 aromatic rings. The van der Waals surface area contributed by atoms with Crippen molar-refractivity contribution in [1.82, 2.24) is 0 Å². The molecule has 0 fully saturated rings. The standard InChI is InChI=1S/C18H17FO5/c1-11(17(20)12-4-7-14(22-2)8-5-12)24-18(21)13-6-9-16(23-3)15(19)10-13/h4-11H,1-3H3/t11-/m1/s1. The molecule has 126 valence electrons. The highest BCUT2D eigenvalue weighted by Crippen LogP contribution is 2.19. The number of ether oxygens (including phenoxy) is 3. The maximum Gasteiger partial charge on any atom is 0.338 e. The van der Waals surface area contributed by atoms with Crippen LogP contribution in [0.3, 0.4) is 0 Å². The molecule has 2 rings (SSSR count). The van der Waals surface area contributed by atoms with E-state index < -0.39 is 17.9 Å². The highest BCUT2D eigenvalue weighted by atomic mass is 19.1. The van der Waals surface area contributed by atoms with Crippen molar-refractivity contribution in [2.75, 3.05) is 14.2 Å². The molecule has 5 nitrogen and oxygen atoms in total. The summed E-state index contributed by atoms with van der Waals surface area (Å²) in [6, 6.07) is 10.1. The summed E-state index contributed by atoms with van der Waals surface area (Å²) in [6.07, 6.45) is -1.00. The number of ketones is 1.